The van der Waals surface area contributed by atoms with Gasteiger partial charge in [-0.3, -0.25) is 14.2 Å². The van der Waals surface area contributed by atoms with E-state index in [1.165, 1.54) is 21.5 Å². The van der Waals surface area contributed by atoms with E-state index in [1.807, 2.05) is 0 Å². The quantitative estimate of drug-likeness (QED) is 0.141. The van der Waals surface area contributed by atoms with Crippen LogP contribution in [0, 0.1) is 23.5 Å². The normalized spacial score (nSPS) is 14.3. The molecule has 0 aliphatic heterocycles. The first-order valence-corrected chi connectivity index (χ1v) is 20.4. The lowest BCUT2D eigenvalue weighted by Gasteiger charge is -2.21. The Balaban J connectivity index is 1.55. The standard InChI is InChI=1S/C37H36ClF2N5O5S2/c1-37(2,52(49,50)29-7-8-29)13-12-27-6-9-30(31-10-11-32(38)34-33(22-51(4,47)48)43-44(3)36(31)34)35(42-27)24(16-23-17-25(39)20-26(40)18-23)19-28(46)21-45-15-5-14-41-45/h5-6,9-11,14-15,17-18,20,24,29H,7-8,16,19,21-22H2,1-4H3/t24-/m1/s1. The van der Waals surface area contributed by atoms with Gasteiger partial charge in [-0.15, -0.1) is 0 Å². The molecule has 15 heteroatoms. The van der Waals surface area contributed by atoms with E-state index in [0.29, 0.717) is 40.6 Å². The van der Waals surface area contributed by atoms with Crippen LogP contribution in [-0.2, 0) is 50.2 Å². The lowest BCUT2D eigenvalue weighted by atomic mass is 9.86. The van der Waals surface area contributed by atoms with Crippen molar-refractivity contribution in [1.29, 1.82) is 0 Å². The number of sulfone groups is 2. The largest absolute Gasteiger partial charge is 0.298 e. The Morgan fingerprint density at radius 3 is 2.38 bits per heavy atom. The Labute approximate surface area is 306 Å². The predicted octanol–water partition coefficient (Wildman–Crippen LogP) is 6.00. The lowest BCUT2D eigenvalue weighted by molar-refractivity contribution is -0.120. The molecule has 1 saturated carbocycles. The van der Waals surface area contributed by atoms with Crippen LogP contribution in [0.1, 0.15) is 61.7 Å². The van der Waals surface area contributed by atoms with Gasteiger partial charge in [0.05, 0.1) is 39.5 Å². The minimum Gasteiger partial charge on any atom is -0.298 e. The molecule has 0 radical (unpaired) electrons. The molecule has 6 rings (SSSR count). The summed E-state index contributed by atoms with van der Waals surface area (Å²) in [5.74, 6) is 2.93. The molecule has 0 N–H and O–H groups in total. The molecule has 3 aromatic heterocycles. The molecule has 52 heavy (non-hydrogen) atoms. The molecule has 0 amide bonds. The fourth-order valence-corrected chi connectivity index (χ4v) is 9.13. The summed E-state index contributed by atoms with van der Waals surface area (Å²) in [5.41, 5.74) is 2.69. The molecule has 0 spiro atoms. The number of hydrogen-bond acceptors (Lipinski definition) is 8. The topological polar surface area (TPSA) is 134 Å². The van der Waals surface area contributed by atoms with Crippen molar-refractivity contribution in [2.45, 2.75) is 67.7 Å². The number of carbonyl (C=O) groups excluding carboxylic acids is 1. The van der Waals surface area contributed by atoms with Gasteiger partial charge in [0.15, 0.2) is 25.5 Å². The summed E-state index contributed by atoms with van der Waals surface area (Å²) in [6.45, 7) is 3.04. The van der Waals surface area contributed by atoms with Crippen LogP contribution >= 0.6 is 11.6 Å². The van der Waals surface area contributed by atoms with Crippen molar-refractivity contribution in [3.63, 3.8) is 0 Å². The Bertz CT molecular complexity index is 2460. The number of Topliss-reactive ketones (excluding diaryl/α,β-unsaturated/α-hetero) is 1. The molecule has 1 atom stereocenters. The number of ketones is 1. The monoisotopic (exact) mass is 767 g/mol. The van der Waals surface area contributed by atoms with Crippen LogP contribution in [0.2, 0.25) is 5.02 Å². The maximum Gasteiger partial charge on any atom is 0.169 e. The molecule has 1 aliphatic rings. The number of aryl methyl sites for hydroxylation is 1. The molecule has 3 heterocycles. The van der Waals surface area contributed by atoms with Gasteiger partial charge >= 0.3 is 0 Å². The van der Waals surface area contributed by atoms with Crippen LogP contribution < -0.4 is 0 Å². The Morgan fingerprint density at radius 1 is 1.06 bits per heavy atom. The van der Waals surface area contributed by atoms with Crippen LogP contribution in [0.5, 0.6) is 0 Å². The molecule has 2 aromatic carbocycles. The van der Waals surface area contributed by atoms with Crippen molar-refractivity contribution >= 4 is 48.0 Å². The summed E-state index contributed by atoms with van der Waals surface area (Å²) < 4.78 is 81.6. The second-order valence-corrected chi connectivity index (χ2v) is 19.0. The third kappa shape index (κ3) is 8.11. The van der Waals surface area contributed by atoms with E-state index in [0.717, 1.165) is 12.3 Å². The molecule has 1 aliphatic carbocycles. The first kappa shape index (κ1) is 37.3. The van der Waals surface area contributed by atoms with Gasteiger partial charge in [0.25, 0.3) is 0 Å². The van der Waals surface area contributed by atoms with Gasteiger partial charge in [0.2, 0.25) is 0 Å². The summed E-state index contributed by atoms with van der Waals surface area (Å²) in [4.78, 5) is 18.5. The van der Waals surface area contributed by atoms with Crippen molar-refractivity contribution in [2.24, 2.45) is 7.05 Å². The van der Waals surface area contributed by atoms with Crippen molar-refractivity contribution in [2.75, 3.05) is 6.26 Å². The molecule has 272 valence electrons. The Morgan fingerprint density at radius 2 is 1.75 bits per heavy atom. The highest BCUT2D eigenvalue weighted by atomic mass is 35.5. The van der Waals surface area contributed by atoms with Gasteiger partial charge in [0.1, 0.15) is 22.1 Å². The summed E-state index contributed by atoms with van der Waals surface area (Å²) >= 11 is 6.66. The van der Waals surface area contributed by atoms with Crippen molar-refractivity contribution < 1.29 is 30.4 Å². The summed E-state index contributed by atoms with van der Waals surface area (Å²) in [6, 6.07) is 11.6. The number of aromatic nitrogens is 5. The number of benzene rings is 2. The maximum atomic E-state index is 14.5. The first-order valence-electron chi connectivity index (χ1n) is 16.5. The molecule has 10 nitrogen and oxygen atoms in total. The van der Waals surface area contributed by atoms with Crippen molar-refractivity contribution in [1.82, 2.24) is 24.5 Å². The smallest absolute Gasteiger partial charge is 0.169 e. The van der Waals surface area contributed by atoms with Gasteiger partial charge in [-0.1, -0.05) is 23.6 Å². The minimum atomic E-state index is -3.54. The van der Waals surface area contributed by atoms with Gasteiger partial charge in [0, 0.05) is 60.6 Å². The van der Waals surface area contributed by atoms with Crippen molar-refractivity contribution in [3.05, 3.63) is 100 Å². The molecule has 0 saturated heterocycles. The van der Waals surface area contributed by atoms with Crippen LogP contribution in [0.4, 0.5) is 8.78 Å². The Hall–Kier alpha value is -4.45. The average molecular weight is 768 g/mol. The molecular formula is C37H36ClF2N5O5S2. The molecule has 0 bridgehead atoms. The SMILES string of the molecule is Cn1nc(CS(C)(=O)=O)c2c(Cl)ccc(-c3ccc(C#CC(C)(C)S(=O)(=O)C4CC4)nc3[C@@H](CC(=O)Cn3cccn3)Cc3cc(F)cc(F)c3)c21. The number of nitrogens with zero attached hydrogens (tertiary/aromatic N) is 5. The first-order chi connectivity index (χ1) is 24.4. The van der Waals surface area contributed by atoms with E-state index in [2.05, 4.69) is 22.0 Å². The highest BCUT2D eigenvalue weighted by molar-refractivity contribution is 7.93. The van der Waals surface area contributed by atoms with Crippen LogP contribution in [0.15, 0.2) is 60.9 Å². The number of halogens is 3. The second-order valence-electron chi connectivity index (χ2n) is 13.7. The fraction of sp³-hybridized carbons (Fsp3) is 0.351. The van der Waals surface area contributed by atoms with Gasteiger partial charge < -0.3 is 0 Å². The lowest BCUT2D eigenvalue weighted by Crippen LogP contribution is -2.33. The van der Waals surface area contributed by atoms with E-state index in [9.17, 15) is 30.4 Å². The van der Waals surface area contributed by atoms with E-state index in [1.54, 1.807) is 63.6 Å². The summed E-state index contributed by atoms with van der Waals surface area (Å²) in [7, 11) is -5.38. The average Bonchev–Trinajstić information content (AvgIpc) is 3.71. The highest BCUT2D eigenvalue weighted by Gasteiger charge is 2.45. The zero-order chi connectivity index (χ0) is 37.6. The van der Waals surface area contributed by atoms with Crippen LogP contribution in [0.25, 0.3) is 22.0 Å². The number of rotatable bonds is 12. The summed E-state index contributed by atoms with van der Waals surface area (Å²) in [5, 5.41) is 8.90. The highest BCUT2D eigenvalue weighted by Crippen LogP contribution is 2.40. The molecule has 5 aromatic rings. The van der Waals surface area contributed by atoms with Gasteiger partial charge in [-0.2, -0.15) is 10.2 Å². The van der Waals surface area contributed by atoms with E-state index in [4.69, 9.17) is 16.6 Å². The Kier molecular flexibility index (Phi) is 10.2. The summed E-state index contributed by atoms with van der Waals surface area (Å²) in [6.07, 6.45) is 5.36. The van der Waals surface area contributed by atoms with Gasteiger partial charge in [-0.25, -0.2) is 30.6 Å². The van der Waals surface area contributed by atoms with E-state index < -0.39 is 47.2 Å². The van der Waals surface area contributed by atoms with E-state index in [-0.39, 0.29) is 52.9 Å². The van der Waals surface area contributed by atoms with Crippen LogP contribution in [-0.4, -0.2) is 63.4 Å². The zero-order valence-corrected chi connectivity index (χ0v) is 31.3. The molecule has 1 fully saturated rings. The number of carbonyl (C=O) groups is 1. The number of fused-ring (bicyclic) bond motifs is 1. The number of hydrogen-bond donors (Lipinski definition) is 0. The molecule has 0 unspecified atom stereocenters. The third-order valence-electron chi connectivity index (χ3n) is 8.95. The zero-order valence-electron chi connectivity index (χ0n) is 28.9. The van der Waals surface area contributed by atoms with E-state index >= 15 is 0 Å². The van der Waals surface area contributed by atoms with Gasteiger partial charge in [-0.05, 0) is 81.0 Å². The second kappa shape index (κ2) is 14.2. The minimum absolute atomic E-state index is 0.000586. The number of pyridine rings is 1. The third-order valence-corrected chi connectivity index (χ3v) is 12.9. The predicted molar refractivity (Wildman–Crippen MR) is 195 cm³/mol. The molecular weight excluding hydrogens is 732 g/mol. The van der Waals surface area contributed by atoms with Crippen LogP contribution in [0.3, 0.4) is 0 Å². The van der Waals surface area contributed by atoms with Crippen molar-refractivity contribution in [3.8, 4) is 23.0 Å². The fourth-order valence-electron chi connectivity index (χ4n) is 6.38. The maximum absolute atomic E-state index is 14.5.